The summed E-state index contributed by atoms with van der Waals surface area (Å²) in [6.07, 6.45) is 5.00. The summed E-state index contributed by atoms with van der Waals surface area (Å²) < 4.78 is 5.93. The summed E-state index contributed by atoms with van der Waals surface area (Å²) in [6.45, 7) is 1.79. The van der Waals surface area contributed by atoms with Gasteiger partial charge in [0.2, 0.25) is 0 Å². The number of carbonyl (C=O) groups excluding carboxylic acids is 1. The van der Waals surface area contributed by atoms with Crippen LogP contribution in [0, 0.1) is 5.92 Å². The van der Waals surface area contributed by atoms with E-state index in [-0.39, 0.29) is 12.0 Å². The lowest BCUT2D eigenvalue weighted by Gasteiger charge is -2.37. The minimum absolute atomic E-state index is 0.116. The zero-order valence-electron chi connectivity index (χ0n) is 18.5. The van der Waals surface area contributed by atoms with E-state index >= 15 is 0 Å². The third kappa shape index (κ3) is 4.96. The number of carbonyl (C=O) groups is 1. The van der Waals surface area contributed by atoms with E-state index in [4.69, 9.17) is 10.5 Å². The van der Waals surface area contributed by atoms with Crippen LogP contribution in [0.15, 0.2) is 65.7 Å². The molecule has 1 aliphatic carbocycles. The maximum atomic E-state index is 13.4. The molecule has 1 heterocycles. The summed E-state index contributed by atoms with van der Waals surface area (Å²) in [7, 11) is 0. The molecule has 1 aliphatic heterocycles. The van der Waals surface area contributed by atoms with Gasteiger partial charge in [0, 0.05) is 12.5 Å². The van der Waals surface area contributed by atoms with E-state index in [9.17, 15) is 9.90 Å². The maximum absolute atomic E-state index is 13.4. The Bertz CT molecular complexity index is 912. The van der Waals surface area contributed by atoms with Gasteiger partial charge in [0.05, 0.1) is 13.1 Å². The first-order valence-corrected chi connectivity index (χ1v) is 11.6. The fraction of sp³-hybridized carbons (Fsp3) is 0.462. The molecule has 2 atom stereocenters. The number of hydrogen-bond acceptors (Lipinski definition) is 4. The van der Waals surface area contributed by atoms with Crippen molar-refractivity contribution in [1.29, 1.82) is 0 Å². The highest BCUT2D eigenvalue weighted by molar-refractivity contribution is 5.82. The lowest BCUT2D eigenvalue weighted by atomic mass is 9.80. The van der Waals surface area contributed by atoms with Gasteiger partial charge in [0.1, 0.15) is 6.10 Å². The molecule has 0 radical (unpaired) electrons. The van der Waals surface area contributed by atoms with Gasteiger partial charge in [-0.3, -0.25) is 0 Å². The van der Waals surface area contributed by atoms with Crippen molar-refractivity contribution < 1.29 is 14.6 Å². The SMILES string of the molecule is NC(=NCc1ccccc1)N1CCC[C@@H](OC(=O)[C@](O)(c2ccccc2)C2CCCC2)C1. The Morgan fingerprint density at radius 2 is 1.69 bits per heavy atom. The van der Waals surface area contributed by atoms with E-state index < -0.39 is 11.6 Å². The van der Waals surface area contributed by atoms with Crippen molar-refractivity contribution in [3.8, 4) is 0 Å². The molecule has 6 nitrogen and oxygen atoms in total. The Balaban J connectivity index is 1.43. The Morgan fingerprint density at radius 1 is 1.03 bits per heavy atom. The third-order valence-electron chi connectivity index (χ3n) is 6.71. The molecule has 0 spiro atoms. The molecule has 2 fully saturated rings. The van der Waals surface area contributed by atoms with Crippen molar-refractivity contribution >= 4 is 11.9 Å². The number of benzene rings is 2. The maximum Gasteiger partial charge on any atom is 0.343 e. The highest BCUT2D eigenvalue weighted by Crippen LogP contribution is 2.41. The number of rotatable bonds is 6. The third-order valence-corrected chi connectivity index (χ3v) is 6.71. The van der Waals surface area contributed by atoms with E-state index in [1.54, 1.807) is 0 Å². The van der Waals surface area contributed by atoms with Crippen LogP contribution in [-0.2, 0) is 21.7 Å². The number of likely N-dealkylation sites (tertiary alicyclic amines) is 1. The first kappa shape index (κ1) is 22.3. The van der Waals surface area contributed by atoms with Gasteiger partial charge in [-0.25, -0.2) is 9.79 Å². The number of esters is 1. The molecule has 2 aromatic rings. The second-order valence-electron chi connectivity index (χ2n) is 8.89. The average molecular weight is 436 g/mol. The molecule has 32 heavy (non-hydrogen) atoms. The predicted octanol–water partition coefficient (Wildman–Crippen LogP) is 3.59. The molecule has 170 valence electrons. The van der Waals surface area contributed by atoms with Crippen LogP contribution in [0.2, 0.25) is 0 Å². The van der Waals surface area contributed by atoms with Gasteiger partial charge in [-0.15, -0.1) is 0 Å². The number of piperidine rings is 1. The summed E-state index contributed by atoms with van der Waals surface area (Å²) in [6, 6.07) is 19.2. The van der Waals surface area contributed by atoms with E-state index in [2.05, 4.69) is 4.99 Å². The highest BCUT2D eigenvalue weighted by Gasteiger charge is 2.48. The molecular formula is C26H33N3O3. The second-order valence-corrected chi connectivity index (χ2v) is 8.89. The van der Waals surface area contributed by atoms with E-state index in [0.717, 1.165) is 50.6 Å². The van der Waals surface area contributed by atoms with Crippen molar-refractivity contribution in [2.24, 2.45) is 16.6 Å². The normalized spacial score (nSPS) is 21.8. The standard InChI is InChI=1S/C26H33N3O3/c27-25(28-18-20-10-3-1-4-11-20)29-17-9-16-23(19-29)32-24(30)26(31,22-14-7-8-15-22)21-12-5-2-6-13-21/h1-6,10-13,22-23,31H,7-9,14-19H2,(H2,27,28)/t23-,26+/m1/s1. The fourth-order valence-electron chi connectivity index (χ4n) is 4.90. The zero-order valence-corrected chi connectivity index (χ0v) is 18.5. The molecule has 0 unspecified atom stereocenters. The van der Waals surface area contributed by atoms with Gasteiger partial charge in [-0.05, 0) is 36.8 Å². The van der Waals surface area contributed by atoms with Crippen molar-refractivity contribution in [3.05, 3.63) is 71.8 Å². The van der Waals surface area contributed by atoms with Crippen molar-refractivity contribution in [2.75, 3.05) is 13.1 Å². The van der Waals surface area contributed by atoms with Crippen LogP contribution in [0.1, 0.15) is 49.7 Å². The molecule has 0 amide bonds. The smallest absolute Gasteiger partial charge is 0.343 e. The second kappa shape index (κ2) is 10.2. The van der Waals surface area contributed by atoms with Crippen LogP contribution in [0.4, 0.5) is 0 Å². The molecule has 2 aliphatic rings. The molecule has 6 heteroatoms. The molecular weight excluding hydrogens is 402 g/mol. The molecule has 0 aromatic heterocycles. The summed E-state index contributed by atoms with van der Waals surface area (Å²) in [4.78, 5) is 19.9. The summed E-state index contributed by atoms with van der Waals surface area (Å²) in [5.74, 6) is -0.194. The van der Waals surface area contributed by atoms with Gasteiger partial charge in [0.15, 0.2) is 11.6 Å². The average Bonchev–Trinajstić information content (AvgIpc) is 3.39. The first-order chi connectivity index (χ1) is 15.6. The van der Waals surface area contributed by atoms with Crippen molar-refractivity contribution in [3.63, 3.8) is 0 Å². The Morgan fingerprint density at radius 3 is 2.38 bits per heavy atom. The van der Waals surface area contributed by atoms with E-state index in [0.29, 0.717) is 24.6 Å². The summed E-state index contributed by atoms with van der Waals surface area (Å²) >= 11 is 0. The van der Waals surface area contributed by atoms with Gasteiger partial charge in [0.25, 0.3) is 0 Å². The highest BCUT2D eigenvalue weighted by atomic mass is 16.6. The molecule has 3 N–H and O–H groups in total. The fourth-order valence-corrected chi connectivity index (χ4v) is 4.90. The van der Waals surface area contributed by atoms with Crippen LogP contribution in [0.5, 0.6) is 0 Å². The lowest BCUT2D eigenvalue weighted by Crippen LogP contribution is -2.50. The van der Waals surface area contributed by atoms with Crippen LogP contribution >= 0.6 is 0 Å². The number of nitrogens with two attached hydrogens (primary N) is 1. The van der Waals surface area contributed by atoms with Crippen molar-refractivity contribution in [2.45, 2.75) is 56.8 Å². The predicted molar refractivity (Wildman–Crippen MR) is 125 cm³/mol. The van der Waals surface area contributed by atoms with Gasteiger partial charge < -0.3 is 20.5 Å². The number of ether oxygens (including phenoxy) is 1. The minimum atomic E-state index is -1.60. The molecule has 1 saturated carbocycles. The molecule has 1 saturated heterocycles. The molecule has 4 rings (SSSR count). The lowest BCUT2D eigenvalue weighted by molar-refractivity contribution is -0.181. The molecule has 2 aromatic carbocycles. The Labute approximate surface area is 190 Å². The number of guanidine groups is 1. The van der Waals surface area contributed by atoms with E-state index in [1.807, 2.05) is 65.6 Å². The summed E-state index contributed by atoms with van der Waals surface area (Å²) in [5.41, 5.74) is 6.36. The van der Waals surface area contributed by atoms with Crippen LogP contribution < -0.4 is 5.73 Å². The number of nitrogens with zero attached hydrogens (tertiary/aromatic N) is 2. The first-order valence-electron chi connectivity index (χ1n) is 11.6. The Hall–Kier alpha value is -2.86. The molecule has 0 bridgehead atoms. The quantitative estimate of drug-likeness (QED) is 0.411. The minimum Gasteiger partial charge on any atom is -0.458 e. The van der Waals surface area contributed by atoms with Crippen LogP contribution in [-0.4, -0.2) is 41.1 Å². The zero-order chi connectivity index (χ0) is 22.4. The van der Waals surface area contributed by atoms with Gasteiger partial charge in [-0.1, -0.05) is 73.5 Å². The van der Waals surface area contributed by atoms with E-state index in [1.165, 1.54) is 0 Å². The number of aliphatic imine (C=N–C) groups is 1. The summed E-state index contributed by atoms with van der Waals surface area (Å²) in [5, 5.41) is 11.6. The van der Waals surface area contributed by atoms with Crippen LogP contribution in [0.3, 0.4) is 0 Å². The van der Waals surface area contributed by atoms with Gasteiger partial charge in [-0.2, -0.15) is 0 Å². The van der Waals surface area contributed by atoms with Gasteiger partial charge >= 0.3 is 5.97 Å². The largest absolute Gasteiger partial charge is 0.458 e. The Kier molecular flexibility index (Phi) is 7.10. The monoisotopic (exact) mass is 435 g/mol. The van der Waals surface area contributed by atoms with Crippen LogP contribution in [0.25, 0.3) is 0 Å². The number of aliphatic hydroxyl groups is 1. The number of hydrogen-bond donors (Lipinski definition) is 2. The van der Waals surface area contributed by atoms with Crippen molar-refractivity contribution in [1.82, 2.24) is 4.90 Å². The topological polar surface area (TPSA) is 88.1 Å².